The number of rotatable bonds is 2. The fourth-order valence-corrected chi connectivity index (χ4v) is 1.57. The number of phenols is 1. The third kappa shape index (κ3) is 2.43. The Balaban J connectivity index is 0.00000128. The Morgan fingerprint density at radius 3 is 2.44 bits per heavy atom. The first-order valence-corrected chi connectivity index (χ1v) is 4.75. The first kappa shape index (κ1) is 12.7. The maximum Gasteiger partial charge on any atom is 0.116 e. The van der Waals surface area contributed by atoms with Gasteiger partial charge in [-0.1, -0.05) is 18.2 Å². The lowest BCUT2D eigenvalue weighted by atomic mass is 10.0. The Morgan fingerprint density at radius 2 is 1.75 bits per heavy atom. The molecule has 0 radical (unpaired) electrons. The largest absolute Gasteiger partial charge is 0.508 e. The van der Waals surface area contributed by atoms with E-state index in [0.29, 0.717) is 0 Å². The number of fused-ring (bicyclic) bond motifs is 1. The molecule has 0 aliphatic carbocycles. The minimum absolute atomic E-state index is 0. The van der Waals surface area contributed by atoms with Crippen molar-refractivity contribution in [1.82, 2.24) is 0 Å². The summed E-state index contributed by atoms with van der Waals surface area (Å²) in [6.07, 6.45) is 0. The molecule has 0 aliphatic rings. The molecule has 86 valence electrons. The fraction of sp³-hybridized carbons (Fsp3) is 0.167. The number of halogens is 2. The fourth-order valence-electron chi connectivity index (χ4n) is 1.57. The molecule has 16 heavy (non-hydrogen) atoms. The van der Waals surface area contributed by atoms with Crippen LogP contribution >= 0.6 is 12.4 Å². The predicted molar refractivity (Wildman–Crippen MR) is 65.8 cm³/mol. The Morgan fingerprint density at radius 1 is 1.12 bits per heavy atom. The molecule has 2 aromatic rings. The van der Waals surface area contributed by atoms with Crippen molar-refractivity contribution in [2.75, 3.05) is 6.67 Å². The summed E-state index contributed by atoms with van der Waals surface area (Å²) in [7, 11) is 0. The van der Waals surface area contributed by atoms with E-state index in [9.17, 15) is 9.50 Å². The summed E-state index contributed by atoms with van der Waals surface area (Å²) in [5.41, 5.74) is 6.36. The van der Waals surface area contributed by atoms with Crippen LogP contribution in [0.15, 0.2) is 36.4 Å². The Labute approximate surface area is 99.3 Å². The normalized spacial score (nSPS) is 12.1. The molecule has 1 atom stereocenters. The summed E-state index contributed by atoms with van der Waals surface area (Å²) < 4.78 is 12.4. The molecule has 0 saturated heterocycles. The number of hydrogen-bond acceptors (Lipinski definition) is 2. The molecule has 0 fully saturated rings. The molecule has 3 N–H and O–H groups in total. The molecule has 0 spiro atoms. The molecule has 2 nitrogen and oxygen atoms in total. The van der Waals surface area contributed by atoms with Gasteiger partial charge in [0.05, 0.1) is 6.04 Å². The van der Waals surface area contributed by atoms with Crippen LogP contribution in [0.25, 0.3) is 10.8 Å². The summed E-state index contributed by atoms with van der Waals surface area (Å²) in [4.78, 5) is 0. The van der Waals surface area contributed by atoms with Crippen LogP contribution in [-0.2, 0) is 0 Å². The molecular formula is C12H13ClFNO. The van der Waals surface area contributed by atoms with E-state index >= 15 is 0 Å². The van der Waals surface area contributed by atoms with Crippen molar-refractivity contribution in [2.45, 2.75) is 6.04 Å². The Kier molecular flexibility index (Phi) is 4.10. The van der Waals surface area contributed by atoms with E-state index in [0.717, 1.165) is 16.3 Å². The molecule has 0 heterocycles. The van der Waals surface area contributed by atoms with Crippen molar-refractivity contribution < 1.29 is 9.50 Å². The Bertz CT molecular complexity index is 489. The predicted octanol–water partition coefficient (Wildman–Crippen LogP) is 2.94. The van der Waals surface area contributed by atoms with E-state index in [2.05, 4.69) is 0 Å². The van der Waals surface area contributed by atoms with Gasteiger partial charge in [-0.15, -0.1) is 12.4 Å². The zero-order valence-electron chi connectivity index (χ0n) is 8.56. The first-order chi connectivity index (χ1) is 7.20. The quantitative estimate of drug-likeness (QED) is 0.849. The minimum atomic E-state index is -0.566. The summed E-state index contributed by atoms with van der Waals surface area (Å²) in [5, 5.41) is 11.1. The van der Waals surface area contributed by atoms with Crippen LogP contribution in [0.5, 0.6) is 5.75 Å². The lowest BCUT2D eigenvalue weighted by Gasteiger charge is -2.08. The minimum Gasteiger partial charge on any atom is -0.508 e. The van der Waals surface area contributed by atoms with Crippen molar-refractivity contribution >= 4 is 23.2 Å². The van der Waals surface area contributed by atoms with E-state index in [1.165, 1.54) is 0 Å². The topological polar surface area (TPSA) is 46.2 Å². The van der Waals surface area contributed by atoms with Gasteiger partial charge in [0, 0.05) is 0 Å². The van der Waals surface area contributed by atoms with Gasteiger partial charge in [-0.05, 0) is 34.5 Å². The van der Waals surface area contributed by atoms with Crippen LogP contribution in [0.4, 0.5) is 4.39 Å². The van der Waals surface area contributed by atoms with E-state index in [4.69, 9.17) is 5.73 Å². The SMILES string of the molecule is Cl.N[C@H](CF)c1ccc2cc(O)ccc2c1. The second-order valence-corrected chi connectivity index (χ2v) is 3.55. The number of aromatic hydroxyl groups is 1. The summed E-state index contributed by atoms with van der Waals surface area (Å²) in [6, 6.07) is 9.96. The van der Waals surface area contributed by atoms with Gasteiger partial charge in [-0.3, -0.25) is 0 Å². The van der Waals surface area contributed by atoms with Crippen molar-refractivity contribution in [3.63, 3.8) is 0 Å². The molecule has 0 saturated carbocycles. The number of alkyl halides is 1. The van der Waals surface area contributed by atoms with Gasteiger partial charge < -0.3 is 10.8 Å². The third-order valence-electron chi connectivity index (χ3n) is 2.44. The molecule has 0 aliphatic heterocycles. The molecule has 0 bridgehead atoms. The van der Waals surface area contributed by atoms with Gasteiger partial charge in [0.1, 0.15) is 12.4 Å². The van der Waals surface area contributed by atoms with E-state index in [1.807, 2.05) is 12.1 Å². The van der Waals surface area contributed by atoms with Gasteiger partial charge in [0.2, 0.25) is 0 Å². The van der Waals surface area contributed by atoms with Gasteiger partial charge >= 0.3 is 0 Å². The zero-order valence-corrected chi connectivity index (χ0v) is 9.38. The smallest absolute Gasteiger partial charge is 0.116 e. The number of hydrogen-bond donors (Lipinski definition) is 2. The molecular weight excluding hydrogens is 229 g/mol. The highest BCUT2D eigenvalue weighted by Gasteiger charge is 2.05. The van der Waals surface area contributed by atoms with Gasteiger partial charge in [0.15, 0.2) is 0 Å². The summed E-state index contributed by atoms with van der Waals surface area (Å²) in [5.74, 6) is 0.227. The van der Waals surface area contributed by atoms with Crippen LogP contribution in [0, 0.1) is 0 Å². The van der Waals surface area contributed by atoms with E-state index in [-0.39, 0.29) is 18.2 Å². The second-order valence-electron chi connectivity index (χ2n) is 3.55. The zero-order chi connectivity index (χ0) is 10.8. The highest BCUT2D eigenvalue weighted by atomic mass is 35.5. The van der Waals surface area contributed by atoms with Crippen LogP contribution in [0.1, 0.15) is 11.6 Å². The van der Waals surface area contributed by atoms with Gasteiger partial charge in [0.25, 0.3) is 0 Å². The summed E-state index contributed by atoms with van der Waals surface area (Å²) >= 11 is 0. The van der Waals surface area contributed by atoms with Crippen LogP contribution < -0.4 is 5.73 Å². The molecule has 0 unspecified atom stereocenters. The van der Waals surface area contributed by atoms with Crippen LogP contribution in [-0.4, -0.2) is 11.8 Å². The monoisotopic (exact) mass is 241 g/mol. The maximum atomic E-state index is 12.4. The molecule has 2 rings (SSSR count). The van der Waals surface area contributed by atoms with Crippen molar-refractivity contribution in [1.29, 1.82) is 0 Å². The van der Waals surface area contributed by atoms with Crippen LogP contribution in [0.2, 0.25) is 0 Å². The average Bonchev–Trinajstić information content (AvgIpc) is 2.27. The number of benzene rings is 2. The Hall–Kier alpha value is -1.32. The van der Waals surface area contributed by atoms with Crippen molar-refractivity contribution in [3.8, 4) is 5.75 Å². The van der Waals surface area contributed by atoms with Crippen LogP contribution in [0.3, 0.4) is 0 Å². The molecule has 4 heteroatoms. The van der Waals surface area contributed by atoms with E-state index < -0.39 is 12.7 Å². The number of phenolic OH excluding ortho intramolecular Hbond substituents is 1. The highest BCUT2D eigenvalue weighted by Crippen LogP contribution is 2.23. The second kappa shape index (κ2) is 5.14. The lowest BCUT2D eigenvalue weighted by Crippen LogP contribution is -2.11. The standard InChI is InChI=1S/C12H12FNO.ClH/c13-7-12(14)10-2-1-9-6-11(15)4-3-8(9)5-10;/h1-6,12,15H,7,14H2;1H/t12-;/m1./s1. The first-order valence-electron chi connectivity index (χ1n) is 4.75. The van der Waals surface area contributed by atoms with Gasteiger partial charge in [-0.25, -0.2) is 4.39 Å². The van der Waals surface area contributed by atoms with Crippen molar-refractivity contribution in [3.05, 3.63) is 42.0 Å². The van der Waals surface area contributed by atoms with Crippen molar-refractivity contribution in [2.24, 2.45) is 5.73 Å². The maximum absolute atomic E-state index is 12.4. The van der Waals surface area contributed by atoms with Gasteiger partial charge in [-0.2, -0.15) is 0 Å². The van der Waals surface area contributed by atoms with E-state index in [1.54, 1.807) is 24.3 Å². The third-order valence-corrected chi connectivity index (χ3v) is 2.44. The molecule has 0 aromatic heterocycles. The summed E-state index contributed by atoms with van der Waals surface area (Å²) in [6.45, 7) is -0.566. The highest BCUT2D eigenvalue weighted by molar-refractivity contribution is 5.85. The molecule has 2 aromatic carbocycles. The lowest BCUT2D eigenvalue weighted by molar-refractivity contribution is 0.437. The molecule has 0 amide bonds. The number of nitrogens with two attached hydrogens (primary N) is 1. The average molecular weight is 242 g/mol.